The van der Waals surface area contributed by atoms with Crippen LogP contribution < -0.4 is 5.32 Å². The van der Waals surface area contributed by atoms with Crippen LogP contribution in [0.1, 0.15) is 37.7 Å². The number of aromatic amines is 1. The van der Waals surface area contributed by atoms with Gasteiger partial charge < -0.3 is 15.2 Å². The highest BCUT2D eigenvalue weighted by Crippen LogP contribution is 2.57. The third-order valence-corrected chi connectivity index (χ3v) is 5.38. The van der Waals surface area contributed by atoms with Crippen LogP contribution in [0.5, 0.6) is 0 Å². The molecule has 1 saturated heterocycles. The van der Waals surface area contributed by atoms with Crippen LogP contribution in [0, 0.1) is 0 Å². The van der Waals surface area contributed by atoms with Crippen molar-refractivity contribution in [1.82, 2.24) is 19.9 Å². The number of amides is 1. The number of fused-ring (bicyclic) bond motifs is 1. The number of alkyl halides is 2. The van der Waals surface area contributed by atoms with Crippen molar-refractivity contribution in [2.75, 3.05) is 11.9 Å². The summed E-state index contributed by atoms with van der Waals surface area (Å²) in [5.41, 5.74) is 1.10. The second kappa shape index (κ2) is 6.03. The van der Waals surface area contributed by atoms with Crippen LogP contribution in [-0.2, 0) is 4.79 Å². The predicted molar refractivity (Wildman–Crippen MR) is 94.2 cm³/mol. The Balaban J connectivity index is 1.60. The first-order chi connectivity index (χ1) is 12.4. The molecule has 3 heterocycles. The number of rotatable bonds is 4. The molecule has 0 aromatic carbocycles. The van der Waals surface area contributed by atoms with Gasteiger partial charge in [0, 0.05) is 31.2 Å². The van der Waals surface area contributed by atoms with E-state index in [9.17, 15) is 13.6 Å². The largest absolute Gasteiger partial charge is 0.365 e. The van der Waals surface area contributed by atoms with Crippen molar-refractivity contribution in [3.8, 4) is 0 Å². The first kappa shape index (κ1) is 16.9. The van der Waals surface area contributed by atoms with Crippen LogP contribution in [0.4, 0.5) is 14.6 Å². The van der Waals surface area contributed by atoms with Gasteiger partial charge in [-0.1, -0.05) is 6.58 Å². The van der Waals surface area contributed by atoms with Gasteiger partial charge in [0.2, 0.25) is 5.91 Å². The number of carbonyl (C=O) groups is 1. The average molecular weight is 361 g/mol. The lowest BCUT2D eigenvalue weighted by atomic mass is 9.99. The Morgan fingerprint density at radius 1 is 1.46 bits per heavy atom. The summed E-state index contributed by atoms with van der Waals surface area (Å²) in [6.45, 7) is 6.10. The van der Waals surface area contributed by atoms with E-state index < -0.39 is 11.8 Å². The molecule has 2 aromatic heterocycles. The van der Waals surface area contributed by atoms with Gasteiger partial charge in [0.15, 0.2) is 0 Å². The van der Waals surface area contributed by atoms with Gasteiger partial charge in [-0.2, -0.15) is 0 Å². The summed E-state index contributed by atoms with van der Waals surface area (Å²) < 4.78 is 27.1. The fourth-order valence-corrected chi connectivity index (χ4v) is 3.76. The molecule has 4 rings (SSSR count). The minimum Gasteiger partial charge on any atom is -0.365 e. The molecule has 26 heavy (non-hydrogen) atoms. The van der Waals surface area contributed by atoms with E-state index in [1.165, 1.54) is 12.4 Å². The molecular weight excluding hydrogens is 340 g/mol. The standard InChI is InChI=1S/C18H21F2N5O/c1-3-14(26)25-8-11(5-4-10(25)2)24-17-15-12(13-6-18(13,19)20)7-21-16(15)22-9-23-17/h3,7,9-11,13H,1,4-6,8H2,2H3,(H2,21,22,23,24)/t10-,11?,13?/m0/s1. The van der Waals surface area contributed by atoms with Crippen LogP contribution >= 0.6 is 0 Å². The second-order valence-electron chi connectivity index (χ2n) is 7.17. The number of nitrogens with one attached hydrogen (secondary N) is 2. The Bertz CT molecular complexity index is 864. The van der Waals surface area contributed by atoms with E-state index in [4.69, 9.17) is 0 Å². The summed E-state index contributed by atoms with van der Waals surface area (Å²) in [5.74, 6) is -3.00. The van der Waals surface area contributed by atoms with Gasteiger partial charge in [0.05, 0.1) is 11.3 Å². The van der Waals surface area contributed by atoms with Gasteiger partial charge in [0.1, 0.15) is 17.8 Å². The average Bonchev–Trinajstić information content (AvgIpc) is 3.05. The maximum atomic E-state index is 13.6. The Hall–Kier alpha value is -2.51. The first-order valence-electron chi connectivity index (χ1n) is 8.80. The number of anilines is 1. The van der Waals surface area contributed by atoms with Crippen LogP contribution in [-0.4, -0.2) is 50.3 Å². The summed E-state index contributed by atoms with van der Waals surface area (Å²) in [6, 6.07) is 0.146. The van der Waals surface area contributed by atoms with Crippen molar-refractivity contribution in [1.29, 1.82) is 0 Å². The van der Waals surface area contributed by atoms with E-state index in [1.54, 1.807) is 11.1 Å². The van der Waals surface area contributed by atoms with E-state index in [1.807, 2.05) is 6.92 Å². The van der Waals surface area contributed by atoms with Gasteiger partial charge >= 0.3 is 0 Å². The zero-order valence-electron chi connectivity index (χ0n) is 14.5. The van der Waals surface area contributed by atoms with Crippen molar-refractivity contribution in [2.24, 2.45) is 0 Å². The maximum absolute atomic E-state index is 13.6. The van der Waals surface area contributed by atoms with E-state index in [0.717, 1.165) is 12.8 Å². The molecule has 6 nitrogen and oxygen atoms in total. The zero-order valence-corrected chi connectivity index (χ0v) is 14.5. The number of likely N-dealkylation sites (tertiary alicyclic amines) is 1. The summed E-state index contributed by atoms with van der Waals surface area (Å²) in [7, 11) is 0. The van der Waals surface area contributed by atoms with Gasteiger partial charge in [0.25, 0.3) is 5.92 Å². The molecule has 0 bridgehead atoms. The summed E-state index contributed by atoms with van der Waals surface area (Å²) in [6.07, 6.45) is 5.91. The minimum absolute atomic E-state index is 0.00402. The quantitative estimate of drug-likeness (QED) is 0.821. The molecule has 0 spiro atoms. The number of H-pyrrole nitrogens is 1. The monoisotopic (exact) mass is 361 g/mol. The fourth-order valence-electron chi connectivity index (χ4n) is 3.76. The van der Waals surface area contributed by atoms with E-state index >= 15 is 0 Å². The Morgan fingerprint density at radius 3 is 2.92 bits per heavy atom. The Labute approximate surface area is 149 Å². The maximum Gasteiger partial charge on any atom is 0.256 e. The van der Waals surface area contributed by atoms with Gasteiger partial charge in [-0.3, -0.25) is 4.79 Å². The zero-order chi connectivity index (χ0) is 18.5. The normalized spacial score (nSPS) is 27.3. The van der Waals surface area contributed by atoms with Crippen molar-refractivity contribution in [2.45, 2.75) is 50.1 Å². The molecular formula is C18H21F2N5O. The third kappa shape index (κ3) is 2.83. The van der Waals surface area contributed by atoms with Gasteiger partial charge in [-0.05, 0) is 31.4 Å². The lowest BCUT2D eigenvalue weighted by Crippen LogP contribution is -2.49. The highest BCUT2D eigenvalue weighted by molar-refractivity contribution is 5.91. The van der Waals surface area contributed by atoms with Crippen molar-refractivity contribution < 1.29 is 13.6 Å². The first-order valence-corrected chi connectivity index (χ1v) is 8.80. The molecule has 138 valence electrons. The molecule has 0 radical (unpaired) electrons. The number of aromatic nitrogens is 3. The number of nitrogens with zero attached hydrogens (tertiary/aromatic N) is 3. The van der Waals surface area contributed by atoms with Gasteiger partial charge in [-0.25, -0.2) is 18.7 Å². The van der Waals surface area contributed by atoms with Crippen molar-refractivity contribution in [3.05, 3.63) is 30.7 Å². The molecule has 8 heteroatoms. The van der Waals surface area contributed by atoms with Crippen LogP contribution in [0.25, 0.3) is 11.0 Å². The molecule has 2 aliphatic rings. The number of hydrogen-bond acceptors (Lipinski definition) is 4. The van der Waals surface area contributed by atoms with Crippen LogP contribution in [0.2, 0.25) is 0 Å². The minimum atomic E-state index is -2.66. The molecule has 1 amide bonds. The molecule has 2 N–H and O–H groups in total. The SMILES string of the molecule is C=CC(=O)N1CC(Nc2ncnc3[nH]cc(C4CC4(F)F)c23)CC[C@@H]1C. The molecule has 1 saturated carbocycles. The predicted octanol–water partition coefficient (Wildman–Crippen LogP) is 3.06. The third-order valence-electron chi connectivity index (χ3n) is 5.38. The smallest absolute Gasteiger partial charge is 0.256 e. The topological polar surface area (TPSA) is 73.9 Å². The number of hydrogen-bond donors (Lipinski definition) is 2. The van der Waals surface area contributed by atoms with E-state index in [0.29, 0.717) is 29.0 Å². The second-order valence-corrected chi connectivity index (χ2v) is 7.17. The molecule has 1 aliphatic heterocycles. The Kier molecular flexibility index (Phi) is 3.93. The summed E-state index contributed by atoms with van der Waals surface area (Å²) in [4.78, 5) is 25.2. The summed E-state index contributed by atoms with van der Waals surface area (Å²) >= 11 is 0. The molecule has 1 aliphatic carbocycles. The lowest BCUT2D eigenvalue weighted by Gasteiger charge is -2.38. The number of piperidine rings is 1. The summed E-state index contributed by atoms with van der Waals surface area (Å²) in [5, 5.41) is 3.97. The highest BCUT2D eigenvalue weighted by atomic mass is 19.3. The molecule has 2 fully saturated rings. The van der Waals surface area contributed by atoms with E-state index in [2.05, 4.69) is 26.8 Å². The molecule has 3 atom stereocenters. The fraction of sp³-hybridized carbons (Fsp3) is 0.500. The molecule has 2 unspecified atom stereocenters. The number of halogens is 2. The van der Waals surface area contributed by atoms with Gasteiger partial charge in [-0.15, -0.1) is 0 Å². The Morgan fingerprint density at radius 2 is 2.23 bits per heavy atom. The molecule has 2 aromatic rings. The van der Waals surface area contributed by atoms with Crippen LogP contribution in [0.3, 0.4) is 0 Å². The van der Waals surface area contributed by atoms with Crippen molar-refractivity contribution in [3.63, 3.8) is 0 Å². The van der Waals surface area contributed by atoms with Crippen molar-refractivity contribution >= 4 is 22.8 Å². The van der Waals surface area contributed by atoms with E-state index in [-0.39, 0.29) is 24.4 Å². The lowest BCUT2D eigenvalue weighted by molar-refractivity contribution is -0.129. The van der Waals surface area contributed by atoms with Crippen LogP contribution in [0.15, 0.2) is 25.2 Å². The number of carbonyl (C=O) groups excluding carboxylic acids is 1. The highest BCUT2D eigenvalue weighted by Gasteiger charge is 2.58.